The van der Waals surface area contributed by atoms with Gasteiger partial charge in [-0.05, 0) is 56.2 Å². The summed E-state index contributed by atoms with van der Waals surface area (Å²) in [5.74, 6) is -0.885. The Labute approximate surface area is 180 Å². The molecule has 7 nitrogen and oxygen atoms in total. The fraction of sp³-hybridized carbons (Fsp3) is 0.348. The van der Waals surface area contributed by atoms with E-state index in [0.717, 1.165) is 0 Å². The molecule has 0 spiro atoms. The molecule has 31 heavy (non-hydrogen) atoms. The molecule has 8 heteroatoms. The van der Waals surface area contributed by atoms with E-state index in [4.69, 9.17) is 4.74 Å². The highest BCUT2D eigenvalue weighted by molar-refractivity contribution is 5.96. The number of rotatable bonds is 7. The Bertz CT molecular complexity index is 933. The van der Waals surface area contributed by atoms with Gasteiger partial charge in [0.2, 0.25) is 5.91 Å². The summed E-state index contributed by atoms with van der Waals surface area (Å²) in [5.41, 5.74) is 0.958. The number of nitrogens with one attached hydrogen (secondary N) is 2. The number of amides is 3. The molecule has 1 aliphatic rings. The molecule has 0 aromatic heterocycles. The molecule has 1 heterocycles. The summed E-state index contributed by atoms with van der Waals surface area (Å²) in [5, 5.41) is 5.51. The number of halogens is 1. The van der Waals surface area contributed by atoms with Crippen LogP contribution >= 0.6 is 0 Å². The van der Waals surface area contributed by atoms with Crippen molar-refractivity contribution in [3.05, 3.63) is 59.9 Å². The summed E-state index contributed by atoms with van der Waals surface area (Å²) in [4.78, 5) is 38.6. The van der Waals surface area contributed by atoms with E-state index in [2.05, 4.69) is 10.6 Å². The Morgan fingerprint density at radius 3 is 2.68 bits per heavy atom. The van der Waals surface area contributed by atoms with E-state index in [-0.39, 0.29) is 30.2 Å². The van der Waals surface area contributed by atoms with Crippen LogP contribution in [0.4, 0.5) is 10.1 Å². The molecule has 0 aliphatic carbocycles. The first-order chi connectivity index (χ1) is 15.0. The zero-order valence-corrected chi connectivity index (χ0v) is 17.4. The van der Waals surface area contributed by atoms with Crippen LogP contribution in [0, 0.1) is 11.7 Å². The predicted octanol–water partition coefficient (Wildman–Crippen LogP) is 2.83. The minimum atomic E-state index is -0.398. The number of hydrogen-bond donors (Lipinski definition) is 2. The summed E-state index contributed by atoms with van der Waals surface area (Å²) in [6.07, 6.45) is 1.38. The lowest BCUT2D eigenvalue weighted by Gasteiger charge is -2.32. The highest BCUT2D eigenvalue weighted by Gasteiger charge is 2.29. The van der Waals surface area contributed by atoms with Gasteiger partial charge in [-0.3, -0.25) is 14.4 Å². The lowest BCUT2D eigenvalue weighted by molar-refractivity contribution is -0.123. The summed E-state index contributed by atoms with van der Waals surface area (Å²) in [7, 11) is 0. The van der Waals surface area contributed by atoms with Gasteiger partial charge < -0.3 is 20.3 Å². The van der Waals surface area contributed by atoms with Crippen molar-refractivity contribution in [1.29, 1.82) is 0 Å². The van der Waals surface area contributed by atoms with Crippen molar-refractivity contribution in [3.63, 3.8) is 0 Å². The van der Waals surface area contributed by atoms with Crippen LogP contribution in [0.5, 0.6) is 5.75 Å². The second-order valence-corrected chi connectivity index (χ2v) is 7.36. The Kier molecular flexibility index (Phi) is 7.59. The minimum Gasteiger partial charge on any atom is -0.484 e. The van der Waals surface area contributed by atoms with E-state index < -0.39 is 5.82 Å². The normalized spacial score (nSPS) is 15.8. The molecule has 1 saturated heterocycles. The first kappa shape index (κ1) is 22.3. The lowest BCUT2D eigenvalue weighted by Crippen LogP contribution is -2.43. The average molecular weight is 427 g/mol. The maximum Gasteiger partial charge on any atom is 0.257 e. The van der Waals surface area contributed by atoms with E-state index >= 15 is 0 Å². The molecule has 3 amide bonds. The standard InChI is InChI=1S/C23H26FN3O4/c1-2-25-21(28)15-31-20-7-3-6-19(13-20)26-22(29)17-5-4-12-27(14-17)23(30)16-8-10-18(24)11-9-16/h3,6-11,13,17H,2,4-5,12,14-15H2,1H3,(H,25,28)(H,26,29). The van der Waals surface area contributed by atoms with Gasteiger partial charge in [-0.2, -0.15) is 0 Å². The summed E-state index contributed by atoms with van der Waals surface area (Å²) in [6, 6.07) is 12.2. The zero-order valence-electron chi connectivity index (χ0n) is 17.4. The summed E-state index contributed by atoms with van der Waals surface area (Å²) >= 11 is 0. The van der Waals surface area contributed by atoms with Gasteiger partial charge in [0.25, 0.3) is 11.8 Å². The maximum atomic E-state index is 13.1. The van der Waals surface area contributed by atoms with Crippen LogP contribution in [0.1, 0.15) is 30.1 Å². The van der Waals surface area contributed by atoms with Crippen molar-refractivity contribution >= 4 is 23.4 Å². The topological polar surface area (TPSA) is 87.7 Å². The average Bonchev–Trinajstić information content (AvgIpc) is 2.78. The minimum absolute atomic E-state index is 0.103. The summed E-state index contributed by atoms with van der Waals surface area (Å²) < 4.78 is 18.6. The number of nitrogens with zero attached hydrogens (tertiary/aromatic N) is 1. The van der Waals surface area contributed by atoms with Gasteiger partial charge in [-0.1, -0.05) is 6.07 Å². The van der Waals surface area contributed by atoms with Gasteiger partial charge in [0.1, 0.15) is 11.6 Å². The van der Waals surface area contributed by atoms with E-state index in [1.807, 2.05) is 6.92 Å². The molecule has 0 bridgehead atoms. The number of piperidine rings is 1. The zero-order chi connectivity index (χ0) is 22.2. The molecule has 1 aliphatic heterocycles. The van der Waals surface area contributed by atoms with Crippen molar-refractivity contribution in [2.45, 2.75) is 19.8 Å². The van der Waals surface area contributed by atoms with Crippen LogP contribution in [0.3, 0.4) is 0 Å². The number of anilines is 1. The monoisotopic (exact) mass is 427 g/mol. The third-order valence-corrected chi connectivity index (χ3v) is 5.02. The fourth-order valence-corrected chi connectivity index (χ4v) is 3.46. The molecule has 2 aromatic rings. The van der Waals surface area contributed by atoms with Gasteiger partial charge >= 0.3 is 0 Å². The lowest BCUT2D eigenvalue weighted by atomic mass is 9.96. The second kappa shape index (κ2) is 10.6. The largest absolute Gasteiger partial charge is 0.484 e. The predicted molar refractivity (Wildman–Crippen MR) is 114 cm³/mol. The molecule has 164 valence electrons. The smallest absolute Gasteiger partial charge is 0.257 e. The van der Waals surface area contributed by atoms with Crippen LogP contribution in [-0.2, 0) is 9.59 Å². The molecule has 2 aromatic carbocycles. The number of carbonyl (C=O) groups is 3. The third-order valence-electron chi connectivity index (χ3n) is 5.02. The molecular weight excluding hydrogens is 401 g/mol. The Hall–Kier alpha value is -3.42. The van der Waals surface area contributed by atoms with Gasteiger partial charge in [0.15, 0.2) is 6.61 Å². The van der Waals surface area contributed by atoms with Crippen LogP contribution in [-0.4, -0.2) is 48.9 Å². The molecule has 0 radical (unpaired) electrons. The quantitative estimate of drug-likeness (QED) is 0.711. The Balaban J connectivity index is 1.57. The highest BCUT2D eigenvalue weighted by Crippen LogP contribution is 2.22. The molecule has 1 unspecified atom stereocenters. The molecule has 2 N–H and O–H groups in total. The SMILES string of the molecule is CCNC(=O)COc1cccc(NC(=O)C2CCCN(C(=O)c3ccc(F)cc3)C2)c1. The molecule has 1 fully saturated rings. The van der Waals surface area contributed by atoms with Gasteiger partial charge in [0.05, 0.1) is 5.92 Å². The Morgan fingerprint density at radius 1 is 1.16 bits per heavy atom. The van der Waals surface area contributed by atoms with Crippen molar-refractivity contribution in [1.82, 2.24) is 10.2 Å². The summed E-state index contributed by atoms with van der Waals surface area (Å²) in [6.45, 7) is 3.11. The molecule has 0 saturated carbocycles. The van der Waals surface area contributed by atoms with Crippen molar-refractivity contribution < 1.29 is 23.5 Å². The Morgan fingerprint density at radius 2 is 1.94 bits per heavy atom. The number of likely N-dealkylation sites (N-methyl/N-ethyl adjacent to an activating group) is 1. The molecule has 3 rings (SSSR count). The molecular formula is C23H26FN3O4. The maximum absolute atomic E-state index is 13.1. The number of likely N-dealkylation sites (tertiary alicyclic amines) is 1. The van der Waals surface area contributed by atoms with E-state index in [9.17, 15) is 18.8 Å². The van der Waals surface area contributed by atoms with Gasteiger partial charge in [-0.25, -0.2) is 4.39 Å². The van der Waals surface area contributed by atoms with Crippen LogP contribution in [0.15, 0.2) is 48.5 Å². The van der Waals surface area contributed by atoms with E-state index in [0.29, 0.717) is 49.5 Å². The van der Waals surface area contributed by atoms with Crippen LogP contribution in [0.25, 0.3) is 0 Å². The van der Waals surface area contributed by atoms with Crippen LogP contribution in [0.2, 0.25) is 0 Å². The van der Waals surface area contributed by atoms with Crippen molar-refractivity contribution in [2.75, 3.05) is 31.6 Å². The fourth-order valence-electron chi connectivity index (χ4n) is 3.46. The van der Waals surface area contributed by atoms with Gasteiger partial charge in [0, 0.05) is 37.0 Å². The first-order valence-corrected chi connectivity index (χ1v) is 10.3. The first-order valence-electron chi connectivity index (χ1n) is 10.3. The van der Waals surface area contributed by atoms with Gasteiger partial charge in [-0.15, -0.1) is 0 Å². The second-order valence-electron chi connectivity index (χ2n) is 7.36. The van der Waals surface area contributed by atoms with Crippen molar-refractivity contribution in [3.8, 4) is 5.75 Å². The van der Waals surface area contributed by atoms with E-state index in [1.54, 1.807) is 29.2 Å². The number of benzene rings is 2. The van der Waals surface area contributed by atoms with Crippen molar-refractivity contribution in [2.24, 2.45) is 5.92 Å². The number of hydrogen-bond acceptors (Lipinski definition) is 4. The number of ether oxygens (including phenoxy) is 1. The van der Waals surface area contributed by atoms with Crippen LogP contribution < -0.4 is 15.4 Å². The van der Waals surface area contributed by atoms with E-state index in [1.165, 1.54) is 24.3 Å². The molecule has 1 atom stereocenters. The highest BCUT2D eigenvalue weighted by atomic mass is 19.1. The third kappa shape index (κ3) is 6.28. The number of carbonyl (C=O) groups excluding carboxylic acids is 3.